The number of esters is 1. The minimum absolute atomic E-state index is 0.0281. The lowest BCUT2D eigenvalue weighted by Crippen LogP contribution is -2.09. The zero-order valence-corrected chi connectivity index (χ0v) is 17.1. The van der Waals surface area contributed by atoms with Gasteiger partial charge in [-0.3, -0.25) is 0 Å². The number of halogens is 1. The molecule has 0 saturated carbocycles. The lowest BCUT2D eigenvalue weighted by molar-refractivity contribution is -0.129. The van der Waals surface area contributed by atoms with Gasteiger partial charge in [-0.2, -0.15) is 8.42 Å². The molecule has 31 heavy (non-hydrogen) atoms. The van der Waals surface area contributed by atoms with Crippen LogP contribution in [0.15, 0.2) is 88.4 Å². The van der Waals surface area contributed by atoms with Crippen molar-refractivity contribution >= 4 is 28.1 Å². The van der Waals surface area contributed by atoms with Gasteiger partial charge >= 0.3 is 16.1 Å². The lowest BCUT2D eigenvalue weighted by atomic mass is 10.2. The molecule has 3 aromatic carbocycles. The van der Waals surface area contributed by atoms with E-state index in [0.717, 1.165) is 5.56 Å². The Morgan fingerprint density at radius 2 is 1.74 bits per heavy atom. The van der Waals surface area contributed by atoms with Crippen molar-refractivity contribution in [1.29, 1.82) is 0 Å². The maximum absolute atomic E-state index is 13.9. The van der Waals surface area contributed by atoms with Crippen LogP contribution in [0.4, 0.5) is 4.39 Å². The second-order valence-electron chi connectivity index (χ2n) is 6.74. The van der Waals surface area contributed by atoms with E-state index in [0.29, 0.717) is 5.56 Å². The number of benzene rings is 3. The number of nitrogens with zero attached hydrogens (tertiary/aromatic N) is 1. The summed E-state index contributed by atoms with van der Waals surface area (Å²) in [4.78, 5) is 16.2. The highest BCUT2D eigenvalue weighted by Gasteiger charge is 2.26. The van der Waals surface area contributed by atoms with E-state index in [4.69, 9.17) is 8.92 Å². The maximum atomic E-state index is 13.9. The first-order valence-corrected chi connectivity index (χ1v) is 10.6. The Bertz CT molecular complexity index is 1330. The normalized spacial score (nSPS) is 15.0. The number of carbonyl (C=O) groups excluding carboxylic acids is 1. The van der Waals surface area contributed by atoms with E-state index in [1.54, 1.807) is 30.3 Å². The molecule has 4 rings (SSSR count). The molecule has 156 valence electrons. The Labute approximate surface area is 178 Å². The third-order valence-electron chi connectivity index (χ3n) is 4.40. The van der Waals surface area contributed by atoms with Gasteiger partial charge < -0.3 is 8.92 Å². The summed E-state index contributed by atoms with van der Waals surface area (Å²) in [5.41, 5.74) is 1.41. The van der Waals surface area contributed by atoms with Crippen molar-refractivity contribution in [2.75, 3.05) is 0 Å². The van der Waals surface area contributed by atoms with Crippen molar-refractivity contribution in [3.05, 3.63) is 101 Å². The van der Waals surface area contributed by atoms with Gasteiger partial charge in [-0.25, -0.2) is 14.2 Å². The minimum Gasteiger partial charge on any atom is -0.402 e. The Morgan fingerprint density at radius 3 is 2.48 bits per heavy atom. The van der Waals surface area contributed by atoms with E-state index in [-0.39, 0.29) is 27.8 Å². The molecular formula is C23H16FNO5S. The fraction of sp³-hybridized carbons (Fsp3) is 0.0435. The second kappa shape index (κ2) is 8.16. The van der Waals surface area contributed by atoms with Crippen LogP contribution in [-0.2, 0) is 19.6 Å². The third-order valence-corrected chi connectivity index (χ3v) is 5.66. The average Bonchev–Trinajstić information content (AvgIpc) is 3.08. The Kier molecular flexibility index (Phi) is 5.39. The Balaban J connectivity index is 1.60. The summed E-state index contributed by atoms with van der Waals surface area (Å²) >= 11 is 0. The summed E-state index contributed by atoms with van der Waals surface area (Å²) < 4.78 is 49.2. The first-order chi connectivity index (χ1) is 14.8. The molecule has 1 aliphatic heterocycles. The SMILES string of the molecule is Cc1ccc(S(=O)(=O)Oc2cccc(C=C3N=C(c4ccccc4F)OC3=O)c2)cc1. The molecule has 6 nitrogen and oxygen atoms in total. The molecule has 1 heterocycles. The molecular weight excluding hydrogens is 421 g/mol. The second-order valence-corrected chi connectivity index (χ2v) is 8.29. The predicted octanol–water partition coefficient (Wildman–Crippen LogP) is 4.25. The van der Waals surface area contributed by atoms with Crippen LogP contribution in [0.3, 0.4) is 0 Å². The summed E-state index contributed by atoms with van der Waals surface area (Å²) in [5.74, 6) is -1.37. The van der Waals surface area contributed by atoms with Gasteiger partial charge in [0.1, 0.15) is 16.5 Å². The summed E-state index contributed by atoms with van der Waals surface area (Å²) in [6, 6.07) is 18.2. The topological polar surface area (TPSA) is 82.0 Å². The van der Waals surface area contributed by atoms with Gasteiger partial charge in [0, 0.05) is 0 Å². The number of hydrogen-bond acceptors (Lipinski definition) is 6. The van der Waals surface area contributed by atoms with Crippen LogP contribution in [0.25, 0.3) is 6.08 Å². The molecule has 8 heteroatoms. The number of cyclic esters (lactones) is 1. The molecule has 0 N–H and O–H groups in total. The van der Waals surface area contributed by atoms with Crippen LogP contribution in [0.2, 0.25) is 0 Å². The van der Waals surface area contributed by atoms with Crippen molar-refractivity contribution in [2.45, 2.75) is 11.8 Å². The maximum Gasteiger partial charge on any atom is 0.363 e. The third kappa shape index (κ3) is 4.54. The van der Waals surface area contributed by atoms with Crippen LogP contribution in [0.5, 0.6) is 5.75 Å². The van der Waals surface area contributed by atoms with Crippen molar-refractivity contribution in [3.63, 3.8) is 0 Å². The average molecular weight is 437 g/mol. The van der Waals surface area contributed by atoms with Gasteiger partial charge in [-0.1, -0.05) is 42.0 Å². The number of rotatable bonds is 5. The Hall–Kier alpha value is -3.78. The molecule has 1 aliphatic rings. The smallest absolute Gasteiger partial charge is 0.363 e. The van der Waals surface area contributed by atoms with Gasteiger partial charge in [0.15, 0.2) is 5.70 Å². The van der Waals surface area contributed by atoms with Gasteiger partial charge in [0.2, 0.25) is 5.90 Å². The molecule has 3 aromatic rings. The van der Waals surface area contributed by atoms with Gasteiger partial charge in [-0.05, 0) is 55.0 Å². The van der Waals surface area contributed by atoms with E-state index in [1.807, 2.05) is 6.92 Å². The van der Waals surface area contributed by atoms with Crippen LogP contribution in [0.1, 0.15) is 16.7 Å². The number of aliphatic imine (C=N–C) groups is 1. The fourth-order valence-corrected chi connectivity index (χ4v) is 3.78. The van der Waals surface area contributed by atoms with Crippen molar-refractivity contribution in [3.8, 4) is 5.75 Å². The van der Waals surface area contributed by atoms with Crippen molar-refractivity contribution < 1.29 is 26.5 Å². The molecule has 0 radical (unpaired) electrons. The molecule has 0 spiro atoms. The highest BCUT2D eigenvalue weighted by atomic mass is 32.2. The first kappa shape index (κ1) is 20.5. The highest BCUT2D eigenvalue weighted by molar-refractivity contribution is 7.87. The largest absolute Gasteiger partial charge is 0.402 e. The number of hydrogen-bond donors (Lipinski definition) is 0. The zero-order chi connectivity index (χ0) is 22.0. The molecule has 0 atom stereocenters. The molecule has 0 amide bonds. The number of aryl methyl sites for hydroxylation is 1. The monoisotopic (exact) mass is 437 g/mol. The van der Waals surface area contributed by atoms with E-state index >= 15 is 0 Å². The highest BCUT2D eigenvalue weighted by Crippen LogP contribution is 2.24. The van der Waals surface area contributed by atoms with E-state index in [1.165, 1.54) is 48.5 Å². The van der Waals surface area contributed by atoms with E-state index in [2.05, 4.69) is 4.99 Å². The van der Waals surface area contributed by atoms with Crippen LogP contribution in [-0.4, -0.2) is 20.3 Å². The molecule has 0 unspecified atom stereocenters. The Morgan fingerprint density at radius 1 is 1.00 bits per heavy atom. The molecule has 0 aliphatic carbocycles. The van der Waals surface area contributed by atoms with Gasteiger partial charge in [0.05, 0.1) is 5.56 Å². The number of ether oxygens (including phenoxy) is 1. The summed E-state index contributed by atoms with van der Waals surface area (Å²) in [5, 5.41) is 0. The molecule has 0 saturated heterocycles. The zero-order valence-electron chi connectivity index (χ0n) is 16.3. The quantitative estimate of drug-likeness (QED) is 0.339. The first-order valence-electron chi connectivity index (χ1n) is 9.20. The molecule has 0 aromatic heterocycles. The molecule has 0 bridgehead atoms. The van der Waals surface area contributed by atoms with Crippen molar-refractivity contribution in [2.24, 2.45) is 4.99 Å². The summed E-state index contributed by atoms with van der Waals surface area (Å²) in [7, 11) is -4.02. The van der Waals surface area contributed by atoms with Gasteiger partial charge in [0.25, 0.3) is 0 Å². The standard InChI is InChI=1S/C23H16FNO5S/c1-15-9-11-18(12-10-15)31(27,28)30-17-6-4-5-16(13-17)14-21-23(26)29-22(25-21)19-7-2-3-8-20(19)24/h2-14H,1H3. The predicted molar refractivity (Wildman–Crippen MR) is 112 cm³/mol. The number of carbonyl (C=O) groups is 1. The van der Waals surface area contributed by atoms with Crippen LogP contribution >= 0.6 is 0 Å². The van der Waals surface area contributed by atoms with E-state index < -0.39 is 21.9 Å². The molecule has 0 fully saturated rings. The lowest BCUT2D eigenvalue weighted by Gasteiger charge is -2.08. The van der Waals surface area contributed by atoms with Crippen molar-refractivity contribution in [1.82, 2.24) is 0 Å². The van der Waals surface area contributed by atoms with Crippen LogP contribution < -0.4 is 4.18 Å². The summed E-state index contributed by atoms with van der Waals surface area (Å²) in [6.07, 6.45) is 1.40. The minimum atomic E-state index is -4.02. The van der Waals surface area contributed by atoms with Crippen LogP contribution in [0, 0.1) is 12.7 Å². The fourth-order valence-electron chi connectivity index (χ4n) is 2.85. The van der Waals surface area contributed by atoms with Gasteiger partial charge in [-0.15, -0.1) is 0 Å². The summed E-state index contributed by atoms with van der Waals surface area (Å²) in [6.45, 7) is 1.85. The van der Waals surface area contributed by atoms with E-state index in [9.17, 15) is 17.6 Å².